The van der Waals surface area contributed by atoms with Crippen LogP contribution in [0.1, 0.15) is 249 Å². The van der Waals surface area contributed by atoms with Crippen molar-refractivity contribution in [1.29, 1.82) is 0 Å². The molecule has 4 aromatic rings. The highest BCUT2D eigenvalue weighted by molar-refractivity contribution is 5.92. The van der Waals surface area contributed by atoms with Gasteiger partial charge in [-0.1, -0.05) is 186 Å². The van der Waals surface area contributed by atoms with E-state index in [4.69, 9.17) is 52.1 Å². The van der Waals surface area contributed by atoms with Crippen LogP contribution in [-0.2, 0) is 118 Å². The highest BCUT2D eigenvalue weighted by Crippen LogP contribution is 2.42. The molecule has 98 heavy (non-hydrogen) atoms. The highest BCUT2D eigenvalue weighted by Gasteiger charge is 2.26. The summed E-state index contributed by atoms with van der Waals surface area (Å²) in [6.07, 6.45) is 24.0. The van der Waals surface area contributed by atoms with Gasteiger partial charge in [0.15, 0.2) is 0 Å². The first-order valence-electron chi connectivity index (χ1n) is 36.1. The summed E-state index contributed by atoms with van der Waals surface area (Å²) in [5, 5.41) is 0. The quantitative estimate of drug-likeness (QED) is 0.0116. The molecule has 0 aliphatic heterocycles. The van der Waals surface area contributed by atoms with Crippen LogP contribution in [0.5, 0.6) is 23.0 Å². The molecule has 0 amide bonds. The van der Waals surface area contributed by atoms with E-state index in [1.54, 1.807) is 6.92 Å². The second-order valence-electron chi connectivity index (χ2n) is 25.6. The zero-order valence-electron chi connectivity index (χ0n) is 60.3. The molecule has 0 spiro atoms. The normalized spacial score (nSPS) is 11.6. The molecule has 0 unspecified atom stereocenters. The zero-order valence-corrected chi connectivity index (χ0v) is 60.3. The monoisotopic (exact) mass is 1360 g/mol. The maximum atomic E-state index is 13.0. The first kappa shape index (κ1) is 80.8. The molecule has 18 nitrogen and oxygen atoms in total. The van der Waals surface area contributed by atoms with Gasteiger partial charge in [-0.05, 0) is 125 Å². The Hall–Kier alpha value is -7.89. The van der Waals surface area contributed by atoms with Crippen LogP contribution >= 0.6 is 0 Å². The molecule has 0 aromatic heterocycles. The van der Waals surface area contributed by atoms with Gasteiger partial charge in [-0.25, -0.2) is 4.79 Å². The summed E-state index contributed by atoms with van der Waals surface area (Å²) in [4.78, 5) is 88.3. The molecule has 5 rings (SSSR count). The number of methoxy groups -OCH3 is 3. The number of hydrogen-bond acceptors (Lipinski definition) is 18. The Morgan fingerprint density at radius 3 is 0.724 bits per heavy atom. The van der Waals surface area contributed by atoms with Crippen LogP contribution in [0.2, 0.25) is 0 Å². The van der Waals surface area contributed by atoms with E-state index in [0.717, 1.165) is 221 Å². The SMILES string of the molecule is C=C(C)C(=O)OCCOc1c2cc(CCCCCCC)cc1Cc1cc(CCCCCCC)cc(c1OCCOC(=O)CC(=O)OC)Cc1cc(CCCCCCC)cc(c1OCCOC(=O)CC(=O)OC)Cc1cc(CCCCCCC)cc(c1OCCOC(=O)CC(=O)OC)C2. The van der Waals surface area contributed by atoms with E-state index >= 15 is 0 Å². The topological polar surface area (TPSA) is 221 Å². The Balaban J connectivity index is 1.94. The van der Waals surface area contributed by atoms with Crippen LogP contribution in [-0.4, -0.2) is 116 Å². The fraction of sp³-hybridized carbons (Fsp3) is 0.588. The van der Waals surface area contributed by atoms with Gasteiger partial charge in [-0.3, -0.25) is 28.8 Å². The van der Waals surface area contributed by atoms with Crippen molar-refractivity contribution < 1.29 is 85.7 Å². The van der Waals surface area contributed by atoms with E-state index in [2.05, 4.69) is 82.8 Å². The van der Waals surface area contributed by atoms with E-state index in [-0.39, 0.29) is 58.4 Å². The Kier molecular flexibility index (Phi) is 38.2. The molecule has 540 valence electrons. The maximum absolute atomic E-state index is 13.0. The number of ether oxygens (including phenoxy) is 11. The fourth-order valence-corrected chi connectivity index (χ4v) is 12.2. The molecule has 4 aromatic carbocycles. The second-order valence-corrected chi connectivity index (χ2v) is 25.6. The van der Waals surface area contributed by atoms with Gasteiger partial charge < -0.3 is 52.1 Å². The second kappa shape index (κ2) is 46.4. The van der Waals surface area contributed by atoms with Crippen molar-refractivity contribution in [3.8, 4) is 23.0 Å². The third-order valence-corrected chi connectivity index (χ3v) is 17.2. The minimum Gasteiger partial charge on any atom is -0.489 e. The van der Waals surface area contributed by atoms with Gasteiger partial charge in [0.05, 0.1) is 21.3 Å². The molecular weight excluding hydrogens is 1250 g/mol. The third kappa shape index (κ3) is 29.7. The molecule has 8 bridgehead atoms. The van der Waals surface area contributed by atoms with E-state index in [0.29, 0.717) is 48.7 Å². The van der Waals surface area contributed by atoms with Gasteiger partial charge in [0.25, 0.3) is 0 Å². The van der Waals surface area contributed by atoms with Crippen LogP contribution < -0.4 is 18.9 Å². The maximum Gasteiger partial charge on any atom is 0.333 e. The average molecular weight is 1360 g/mol. The Morgan fingerprint density at radius 1 is 0.306 bits per heavy atom. The number of esters is 7. The first-order valence-corrected chi connectivity index (χ1v) is 36.1. The van der Waals surface area contributed by atoms with Crippen molar-refractivity contribution >= 4 is 41.8 Å². The van der Waals surface area contributed by atoms with Crippen LogP contribution in [0.3, 0.4) is 0 Å². The number of aryl methyl sites for hydroxylation is 4. The highest BCUT2D eigenvalue weighted by atomic mass is 16.6. The van der Waals surface area contributed by atoms with Crippen LogP contribution in [0.15, 0.2) is 60.7 Å². The van der Waals surface area contributed by atoms with E-state index in [1.807, 2.05) is 0 Å². The minimum absolute atomic E-state index is 0.0188. The smallest absolute Gasteiger partial charge is 0.333 e. The molecule has 0 heterocycles. The van der Waals surface area contributed by atoms with Gasteiger partial charge >= 0.3 is 41.8 Å². The summed E-state index contributed by atoms with van der Waals surface area (Å²) in [5.74, 6) is -2.60. The fourth-order valence-electron chi connectivity index (χ4n) is 12.2. The predicted molar refractivity (Wildman–Crippen MR) is 377 cm³/mol. The third-order valence-electron chi connectivity index (χ3n) is 17.2. The lowest BCUT2D eigenvalue weighted by atomic mass is 9.87. The van der Waals surface area contributed by atoms with Crippen molar-refractivity contribution in [2.75, 3.05) is 74.2 Å². The van der Waals surface area contributed by atoms with Gasteiger partial charge in [0.2, 0.25) is 0 Å². The van der Waals surface area contributed by atoms with Gasteiger partial charge in [0, 0.05) is 31.3 Å². The number of carbonyl (C=O) groups excluding carboxylic acids is 7. The van der Waals surface area contributed by atoms with Crippen LogP contribution in [0.25, 0.3) is 0 Å². The minimum atomic E-state index is -0.752. The van der Waals surface area contributed by atoms with Crippen molar-refractivity contribution in [2.24, 2.45) is 0 Å². The van der Waals surface area contributed by atoms with Gasteiger partial charge in [-0.2, -0.15) is 0 Å². The first-order chi connectivity index (χ1) is 47.5. The predicted octanol–water partition coefficient (Wildman–Crippen LogP) is 15.4. The number of rotatable bonds is 47. The number of unbranched alkanes of at least 4 members (excludes halogenated alkanes) is 16. The lowest BCUT2D eigenvalue weighted by Gasteiger charge is -2.25. The number of carbonyl (C=O) groups is 7. The Morgan fingerprint density at radius 2 is 0.520 bits per heavy atom. The molecule has 0 fully saturated rings. The molecule has 1 aliphatic rings. The summed E-state index contributed by atoms with van der Waals surface area (Å²) in [5.41, 5.74) is 11.5. The molecule has 0 radical (unpaired) electrons. The van der Waals surface area contributed by atoms with E-state index < -0.39 is 61.0 Å². The van der Waals surface area contributed by atoms with E-state index in [9.17, 15) is 33.6 Å². The molecular formula is C80H112O18. The summed E-state index contributed by atoms with van der Waals surface area (Å²) in [7, 11) is 3.64. The summed E-state index contributed by atoms with van der Waals surface area (Å²) < 4.78 is 64.8. The number of hydrogen-bond donors (Lipinski definition) is 0. The molecule has 1 aliphatic carbocycles. The summed E-state index contributed by atoms with van der Waals surface area (Å²) >= 11 is 0. The average Bonchev–Trinajstić information content (AvgIpc) is 0.778. The summed E-state index contributed by atoms with van der Waals surface area (Å²) in [6, 6.07) is 17.8. The molecule has 0 atom stereocenters. The molecule has 0 saturated carbocycles. The van der Waals surface area contributed by atoms with E-state index in [1.165, 1.54) is 21.3 Å². The lowest BCUT2D eigenvalue weighted by molar-refractivity contribution is -0.155. The summed E-state index contributed by atoms with van der Waals surface area (Å²) in [6.45, 7) is 13.5. The van der Waals surface area contributed by atoms with Gasteiger partial charge in [-0.15, -0.1) is 0 Å². The molecule has 0 N–H and O–H groups in total. The largest absolute Gasteiger partial charge is 0.489 e. The van der Waals surface area contributed by atoms with Crippen molar-refractivity contribution in [3.63, 3.8) is 0 Å². The van der Waals surface area contributed by atoms with Gasteiger partial charge in [0.1, 0.15) is 95.1 Å². The van der Waals surface area contributed by atoms with Crippen LogP contribution in [0, 0.1) is 0 Å². The number of fused-ring (bicyclic) bond motifs is 8. The Labute approximate surface area is 583 Å². The standard InChI is InChI=1S/C80H112O18/c1-10-14-18-22-26-30-58-42-62-50-64-44-59(31-27-23-19-15-11-2)46-66(77(64)95-38-35-92-74(85)55-71(82)89-8)52-68-48-61(33-29-25-21-17-13-4)49-69(79(68)97-40-41-98-80(87)57(5)6)53-67-47-60(32-28-24-20-16-12-3)45-65(78(67)96-39-36-93-75(86)56-72(83)90-9)51-63(43-58)76(62)94-37-34-91-73(84)54-70(81)88-7/h42-49H,5,10-41,50-56H2,1-4,6-9H3. The zero-order chi connectivity index (χ0) is 70.9. The number of benzene rings is 4. The van der Waals surface area contributed by atoms with Crippen LogP contribution in [0.4, 0.5) is 0 Å². The molecule has 18 heteroatoms. The Bertz CT molecular complexity index is 3020. The van der Waals surface area contributed by atoms with Crippen molar-refractivity contribution in [1.82, 2.24) is 0 Å². The van der Waals surface area contributed by atoms with Crippen molar-refractivity contribution in [3.05, 3.63) is 127 Å². The molecule has 0 saturated heterocycles. The van der Waals surface area contributed by atoms with Crippen molar-refractivity contribution in [2.45, 2.75) is 234 Å². The lowest BCUT2D eigenvalue weighted by Crippen LogP contribution is -2.18.